The summed E-state index contributed by atoms with van der Waals surface area (Å²) >= 11 is 0. The largest absolute Gasteiger partial charge is 0.492 e. The van der Waals surface area contributed by atoms with E-state index >= 15 is 0 Å². The Bertz CT molecular complexity index is 514. The lowest BCUT2D eigenvalue weighted by Crippen LogP contribution is -2.10. The van der Waals surface area contributed by atoms with Crippen LogP contribution in [0.4, 0.5) is 10.1 Å². The molecule has 100 valence electrons. The van der Waals surface area contributed by atoms with E-state index in [1.54, 1.807) is 6.07 Å². The summed E-state index contributed by atoms with van der Waals surface area (Å²) in [6.07, 6.45) is 0. The zero-order valence-corrected chi connectivity index (χ0v) is 10.6. The van der Waals surface area contributed by atoms with Crippen molar-refractivity contribution in [1.29, 1.82) is 0 Å². The minimum Gasteiger partial charge on any atom is -0.492 e. The highest BCUT2D eigenvalue weighted by atomic mass is 19.1. The molecule has 0 bridgehead atoms. The number of nitrogens with two attached hydrogens (primary N) is 1. The Morgan fingerprint density at radius 3 is 2.58 bits per heavy atom. The van der Waals surface area contributed by atoms with Crippen molar-refractivity contribution in [2.24, 2.45) is 5.73 Å². The van der Waals surface area contributed by atoms with Gasteiger partial charge in [-0.1, -0.05) is 18.2 Å². The van der Waals surface area contributed by atoms with Gasteiger partial charge in [0.2, 0.25) is 0 Å². The number of halogens is 1. The monoisotopic (exact) mass is 260 g/mol. The first-order chi connectivity index (χ1) is 9.28. The van der Waals surface area contributed by atoms with Gasteiger partial charge in [-0.2, -0.15) is 0 Å². The molecule has 4 heteroatoms. The third-order valence-electron chi connectivity index (χ3n) is 2.63. The van der Waals surface area contributed by atoms with Gasteiger partial charge < -0.3 is 15.8 Å². The van der Waals surface area contributed by atoms with E-state index in [1.165, 1.54) is 12.1 Å². The van der Waals surface area contributed by atoms with Crippen LogP contribution in [0.5, 0.6) is 5.75 Å². The van der Waals surface area contributed by atoms with Gasteiger partial charge in [0.05, 0.1) is 0 Å². The quantitative estimate of drug-likeness (QED) is 0.839. The second-order valence-corrected chi connectivity index (χ2v) is 4.14. The number of nitrogens with one attached hydrogen (secondary N) is 1. The molecule has 0 heterocycles. The van der Waals surface area contributed by atoms with Gasteiger partial charge in [0.25, 0.3) is 0 Å². The average Bonchev–Trinajstić information content (AvgIpc) is 2.44. The Balaban J connectivity index is 1.89. The average molecular weight is 260 g/mol. The van der Waals surface area contributed by atoms with E-state index in [4.69, 9.17) is 10.5 Å². The van der Waals surface area contributed by atoms with Gasteiger partial charge in [0, 0.05) is 18.8 Å². The summed E-state index contributed by atoms with van der Waals surface area (Å²) in [6.45, 7) is 1.66. The second-order valence-electron chi connectivity index (χ2n) is 4.14. The summed E-state index contributed by atoms with van der Waals surface area (Å²) < 4.78 is 18.4. The number of benzene rings is 2. The molecule has 19 heavy (non-hydrogen) atoms. The molecule has 0 amide bonds. The highest BCUT2D eigenvalue weighted by Gasteiger charge is 1.97. The normalized spacial score (nSPS) is 10.2. The predicted molar refractivity (Wildman–Crippen MR) is 74.7 cm³/mol. The highest BCUT2D eigenvalue weighted by molar-refractivity contribution is 5.44. The third-order valence-corrected chi connectivity index (χ3v) is 2.63. The Morgan fingerprint density at radius 2 is 1.89 bits per heavy atom. The number of rotatable bonds is 6. The van der Waals surface area contributed by atoms with E-state index in [2.05, 4.69) is 5.32 Å². The molecule has 0 aromatic heterocycles. The minimum absolute atomic E-state index is 0.240. The summed E-state index contributed by atoms with van der Waals surface area (Å²) in [4.78, 5) is 0. The van der Waals surface area contributed by atoms with Crippen LogP contribution in [0.3, 0.4) is 0 Å². The smallest absolute Gasteiger partial charge is 0.125 e. The van der Waals surface area contributed by atoms with Gasteiger partial charge in [-0.25, -0.2) is 4.39 Å². The first kappa shape index (κ1) is 13.4. The fourth-order valence-corrected chi connectivity index (χ4v) is 1.68. The summed E-state index contributed by atoms with van der Waals surface area (Å²) in [5.41, 5.74) is 7.23. The van der Waals surface area contributed by atoms with Crippen molar-refractivity contribution in [1.82, 2.24) is 0 Å². The predicted octanol–water partition coefficient (Wildman–Crippen LogP) is 2.78. The molecule has 0 atom stereocenters. The molecule has 0 radical (unpaired) electrons. The fraction of sp³-hybridized carbons (Fsp3) is 0.200. The lowest BCUT2D eigenvalue weighted by atomic mass is 10.2. The maximum absolute atomic E-state index is 13.0. The number of ether oxygens (including phenoxy) is 1. The maximum Gasteiger partial charge on any atom is 0.125 e. The molecule has 0 saturated carbocycles. The molecular formula is C15H17FN2O. The van der Waals surface area contributed by atoms with E-state index in [1.807, 2.05) is 30.3 Å². The Morgan fingerprint density at radius 1 is 1.11 bits per heavy atom. The van der Waals surface area contributed by atoms with Gasteiger partial charge in [-0.05, 0) is 35.9 Å². The minimum atomic E-state index is -0.240. The van der Waals surface area contributed by atoms with Gasteiger partial charge in [-0.15, -0.1) is 0 Å². The lowest BCUT2D eigenvalue weighted by Gasteiger charge is -2.08. The van der Waals surface area contributed by atoms with Crippen molar-refractivity contribution in [2.75, 3.05) is 18.5 Å². The zero-order chi connectivity index (χ0) is 13.5. The van der Waals surface area contributed by atoms with E-state index in [9.17, 15) is 4.39 Å². The highest BCUT2D eigenvalue weighted by Crippen LogP contribution is 2.14. The molecule has 3 N–H and O–H groups in total. The van der Waals surface area contributed by atoms with E-state index in [0.29, 0.717) is 19.7 Å². The van der Waals surface area contributed by atoms with Crippen LogP contribution in [0, 0.1) is 5.82 Å². The molecule has 0 aliphatic heterocycles. The van der Waals surface area contributed by atoms with Crippen molar-refractivity contribution in [3.05, 3.63) is 59.9 Å². The van der Waals surface area contributed by atoms with Crippen LogP contribution in [0.1, 0.15) is 5.56 Å². The first-order valence-electron chi connectivity index (χ1n) is 6.19. The molecule has 2 aromatic carbocycles. The SMILES string of the molecule is NCCOc1ccc(CNc2cccc(F)c2)cc1. The Kier molecular flexibility index (Phi) is 4.75. The van der Waals surface area contributed by atoms with Crippen LogP contribution in [0.2, 0.25) is 0 Å². The van der Waals surface area contributed by atoms with Crippen LogP contribution in [-0.2, 0) is 6.54 Å². The Labute approximate surface area is 112 Å². The molecular weight excluding hydrogens is 243 g/mol. The third kappa shape index (κ3) is 4.26. The van der Waals surface area contributed by atoms with Crippen LogP contribution in [-0.4, -0.2) is 13.2 Å². The topological polar surface area (TPSA) is 47.3 Å². The van der Waals surface area contributed by atoms with Crippen molar-refractivity contribution in [3.63, 3.8) is 0 Å². The van der Waals surface area contributed by atoms with E-state index in [0.717, 1.165) is 17.0 Å². The van der Waals surface area contributed by atoms with Gasteiger partial charge in [-0.3, -0.25) is 0 Å². The summed E-state index contributed by atoms with van der Waals surface area (Å²) in [6, 6.07) is 14.2. The number of hydrogen-bond acceptors (Lipinski definition) is 3. The van der Waals surface area contributed by atoms with Crippen LogP contribution >= 0.6 is 0 Å². The summed E-state index contributed by atoms with van der Waals surface area (Å²) in [5.74, 6) is 0.565. The summed E-state index contributed by atoms with van der Waals surface area (Å²) in [7, 11) is 0. The van der Waals surface area contributed by atoms with Crippen molar-refractivity contribution < 1.29 is 9.13 Å². The standard InChI is InChI=1S/C15H17FN2O/c16-13-2-1-3-14(10-13)18-11-12-4-6-15(7-5-12)19-9-8-17/h1-7,10,18H,8-9,11,17H2. The van der Waals surface area contributed by atoms with Crippen LogP contribution in [0.15, 0.2) is 48.5 Å². The molecule has 0 saturated heterocycles. The fourth-order valence-electron chi connectivity index (χ4n) is 1.68. The van der Waals surface area contributed by atoms with Crippen molar-refractivity contribution in [3.8, 4) is 5.75 Å². The van der Waals surface area contributed by atoms with Gasteiger partial charge >= 0.3 is 0 Å². The summed E-state index contributed by atoms with van der Waals surface area (Å²) in [5, 5.41) is 3.16. The molecule has 0 unspecified atom stereocenters. The number of anilines is 1. The van der Waals surface area contributed by atoms with Crippen molar-refractivity contribution >= 4 is 5.69 Å². The molecule has 0 aliphatic carbocycles. The Hall–Kier alpha value is -2.07. The van der Waals surface area contributed by atoms with Crippen molar-refractivity contribution in [2.45, 2.75) is 6.54 Å². The maximum atomic E-state index is 13.0. The molecule has 0 aliphatic rings. The van der Waals surface area contributed by atoms with Crippen LogP contribution in [0.25, 0.3) is 0 Å². The molecule has 3 nitrogen and oxygen atoms in total. The van der Waals surface area contributed by atoms with E-state index in [-0.39, 0.29) is 5.82 Å². The molecule has 0 spiro atoms. The van der Waals surface area contributed by atoms with Gasteiger partial charge in [0.15, 0.2) is 0 Å². The molecule has 2 rings (SSSR count). The number of hydrogen-bond donors (Lipinski definition) is 2. The zero-order valence-electron chi connectivity index (χ0n) is 10.6. The lowest BCUT2D eigenvalue weighted by molar-refractivity contribution is 0.328. The van der Waals surface area contributed by atoms with Crippen LogP contribution < -0.4 is 15.8 Å². The molecule has 2 aromatic rings. The molecule has 0 fully saturated rings. The first-order valence-corrected chi connectivity index (χ1v) is 6.19. The van der Waals surface area contributed by atoms with Gasteiger partial charge in [0.1, 0.15) is 18.2 Å². The second kappa shape index (κ2) is 6.75. The van der Waals surface area contributed by atoms with E-state index < -0.39 is 0 Å².